The molecular weight excluding hydrogens is 130 g/mol. The zero-order valence-electron chi connectivity index (χ0n) is 4.35. The molecule has 0 aromatic rings. The first kappa shape index (κ1) is 7.68. The molecule has 0 atom stereocenters. The molecule has 7 heavy (non-hydrogen) atoms. The molecule has 0 aromatic heterocycles. The quantitative estimate of drug-likeness (QED) is 0.430. The molecule has 1 nitrogen and oxygen atoms in total. The van der Waals surface area contributed by atoms with Crippen LogP contribution in [0.2, 0.25) is 0 Å². The highest BCUT2D eigenvalue weighted by Gasteiger charge is 1.81. The molecule has 0 saturated carbocycles. The molecule has 0 bridgehead atoms. The normalized spacial score (nSPS) is 11.1. The van der Waals surface area contributed by atoms with Gasteiger partial charge in [0.05, 0.1) is 6.61 Å². The lowest BCUT2D eigenvalue weighted by Gasteiger charge is -1.91. The highest BCUT2D eigenvalue weighted by Crippen LogP contribution is 2.16. The van der Waals surface area contributed by atoms with Crippen LogP contribution in [0.3, 0.4) is 0 Å². The minimum Gasteiger partial charge on any atom is -0.338 e. The molecule has 1 radical (unpaired) electrons. The molecule has 0 saturated heterocycles. The topological polar surface area (TPSA) is 9.23 Å². The smallest absolute Gasteiger partial charge is 0.194 e. The predicted molar refractivity (Wildman–Crippen MR) is 33.6 cm³/mol. The summed E-state index contributed by atoms with van der Waals surface area (Å²) in [6, 6.07) is 0. The lowest BCUT2D eigenvalue weighted by atomic mass is 10.4. The second kappa shape index (κ2) is 6.68. The molecule has 43 valence electrons. The Morgan fingerprint density at radius 2 is 2.43 bits per heavy atom. The second-order valence-electron chi connectivity index (χ2n) is 1.26. The van der Waals surface area contributed by atoms with E-state index in [1.807, 2.05) is 0 Å². The van der Waals surface area contributed by atoms with Crippen molar-refractivity contribution in [1.29, 1.82) is 0 Å². The largest absolute Gasteiger partial charge is 0.338 e. The molecule has 0 aromatic carbocycles. The average molecular weight is 140 g/mol. The van der Waals surface area contributed by atoms with Gasteiger partial charge in [0.2, 0.25) is 0 Å². The Balaban J connectivity index is 2.45. The highest BCUT2D eigenvalue weighted by molar-refractivity contribution is 7.64. The fourth-order valence-electron chi connectivity index (χ4n) is 0.243. The van der Waals surface area contributed by atoms with Crippen molar-refractivity contribution in [2.45, 2.75) is 19.8 Å². The van der Waals surface area contributed by atoms with E-state index in [4.69, 9.17) is 15.8 Å². The summed E-state index contributed by atoms with van der Waals surface area (Å²) in [5.74, 6) is 0. The summed E-state index contributed by atoms with van der Waals surface area (Å²) in [7, 11) is 0.527. The third-order valence-corrected chi connectivity index (χ3v) is 1.21. The van der Waals surface area contributed by atoms with Crippen LogP contribution in [-0.2, 0) is 4.52 Å². The van der Waals surface area contributed by atoms with Gasteiger partial charge in [-0.15, -0.1) is 0 Å². The number of hydrogen-bond donors (Lipinski definition) is 0. The number of halogens is 1. The Kier molecular flexibility index (Phi) is 7.33. The minimum atomic E-state index is 0.527. The van der Waals surface area contributed by atoms with E-state index in [0.717, 1.165) is 13.0 Å². The maximum atomic E-state index is 5.19. The van der Waals surface area contributed by atoms with Crippen LogP contribution in [-0.4, -0.2) is 6.61 Å². The molecule has 0 spiro atoms. The lowest BCUT2D eigenvalue weighted by molar-refractivity contribution is 0.358. The van der Waals surface area contributed by atoms with Crippen molar-refractivity contribution in [3.05, 3.63) is 0 Å². The van der Waals surface area contributed by atoms with E-state index in [0.29, 0.717) is 8.16 Å². The van der Waals surface area contributed by atoms with Crippen LogP contribution in [0, 0.1) is 0 Å². The number of rotatable bonds is 4. The molecule has 0 amide bonds. The van der Waals surface area contributed by atoms with Crippen molar-refractivity contribution in [2.24, 2.45) is 0 Å². The van der Waals surface area contributed by atoms with Gasteiger partial charge in [0, 0.05) is 0 Å². The van der Waals surface area contributed by atoms with Gasteiger partial charge >= 0.3 is 0 Å². The van der Waals surface area contributed by atoms with Crippen molar-refractivity contribution < 1.29 is 4.52 Å². The van der Waals surface area contributed by atoms with Gasteiger partial charge in [-0.05, 0) is 6.42 Å². The van der Waals surface area contributed by atoms with E-state index in [9.17, 15) is 0 Å². The molecule has 0 aliphatic carbocycles. The Morgan fingerprint density at radius 1 is 1.71 bits per heavy atom. The molecule has 0 heterocycles. The third kappa shape index (κ3) is 6.68. The first-order valence-electron chi connectivity index (χ1n) is 2.35. The van der Waals surface area contributed by atoms with Crippen molar-refractivity contribution in [3.8, 4) is 0 Å². The molecule has 0 N–H and O–H groups in total. The van der Waals surface area contributed by atoms with Gasteiger partial charge in [0.25, 0.3) is 0 Å². The fourth-order valence-corrected chi connectivity index (χ4v) is 0.649. The SMILES string of the molecule is CCCCO[P]Cl. The zero-order valence-corrected chi connectivity index (χ0v) is 6.01. The summed E-state index contributed by atoms with van der Waals surface area (Å²) in [6.45, 7) is 2.91. The van der Waals surface area contributed by atoms with E-state index in [-0.39, 0.29) is 0 Å². The van der Waals surface area contributed by atoms with Crippen molar-refractivity contribution >= 4 is 19.4 Å². The number of hydrogen-bond acceptors (Lipinski definition) is 1. The Hall–Kier alpha value is 0.680. The summed E-state index contributed by atoms with van der Waals surface area (Å²) >= 11 is 5.19. The van der Waals surface area contributed by atoms with Crippen LogP contribution in [0.5, 0.6) is 0 Å². The molecule has 3 heteroatoms. The second-order valence-corrected chi connectivity index (χ2v) is 2.07. The molecule has 0 rings (SSSR count). The maximum Gasteiger partial charge on any atom is 0.194 e. The monoisotopic (exact) mass is 139 g/mol. The predicted octanol–water partition coefficient (Wildman–Crippen LogP) is 2.82. The Morgan fingerprint density at radius 3 is 2.86 bits per heavy atom. The summed E-state index contributed by atoms with van der Waals surface area (Å²) in [5.41, 5.74) is 0. The summed E-state index contributed by atoms with van der Waals surface area (Å²) in [5, 5.41) is 0. The van der Waals surface area contributed by atoms with E-state index >= 15 is 0 Å². The van der Waals surface area contributed by atoms with Gasteiger partial charge in [-0.25, -0.2) is 0 Å². The summed E-state index contributed by atoms with van der Waals surface area (Å²) < 4.78 is 4.81. The highest BCUT2D eigenvalue weighted by atomic mass is 35.7. The van der Waals surface area contributed by atoms with Crippen LogP contribution < -0.4 is 0 Å². The maximum absolute atomic E-state index is 5.19. The van der Waals surface area contributed by atoms with Crippen molar-refractivity contribution in [2.75, 3.05) is 6.61 Å². The first-order valence-corrected chi connectivity index (χ1v) is 4.06. The Labute approximate surface area is 51.0 Å². The zero-order chi connectivity index (χ0) is 5.54. The van der Waals surface area contributed by atoms with Crippen LogP contribution in [0.4, 0.5) is 0 Å². The lowest BCUT2D eigenvalue weighted by Crippen LogP contribution is -1.79. The van der Waals surface area contributed by atoms with Crippen LogP contribution in [0.1, 0.15) is 19.8 Å². The van der Waals surface area contributed by atoms with E-state index < -0.39 is 0 Å². The van der Waals surface area contributed by atoms with Gasteiger partial charge in [-0.2, -0.15) is 0 Å². The standard InChI is InChI=1S/C4H9ClOP/c1-2-3-4-6-7-5/h2-4H2,1H3. The van der Waals surface area contributed by atoms with Crippen molar-refractivity contribution in [3.63, 3.8) is 0 Å². The van der Waals surface area contributed by atoms with E-state index in [1.54, 1.807) is 0 Å². The van der Waals surface area contributed by atoms with E-state index in [2.05, 4.69) is 6.92 Å². The van der Waals surface area contributed by atoms with Gasteiger partial charge < -0.3 is 4.52 Å². The van der Waals surface area contributed by atoms with E-state index in [1.165, 1.54) is 6.42 Å². The van der Waals surface area contributed by atoms with Gasteiger partial charge in [0.1, 0.15) is 0 Å². The molecular formula is C4H9ClOP. The molecule has 0 aliphatic heterocycles. The van der Waals surface area contributed by atoms with Crippen molar-refractivity contribution in [1.82, 2.24) is 0 Å². The minimum absolute atomic E-state index is 0.527. The first-order chi connectivity index (χ1) is 3.41. The number of unbranched alkanes of at least 4 members (excludes halogenated alkanes) is 1. The molecule has 0 aliphatic rings. The van der Waals surface area contributed by atoms with Gasteiger partial charge in [-0.1, -0.05) is 24.6 Å². The molecule has 0 fully saturated rings. The summed E-state index contributed by atoms with van der Waals surface area (Å²) in [4.78, 5) is 0. The fraction of sp³-hybridized carbons (Fsp3) is 1.00. The van der Waals surface area contributed by atoms with Crippen LogP contribution in [0.15, 0.2) is 0 Å². The van der Waals surface area contributed by atoms with Gasteiger partial charge in [0.15, 0.2) is 8.16 Å². The summed E-state index contributed by atoms with van der Waals surface area (Å²) in [6.07, 6.45) is 2.28. The van der Waals surface area contributed by atoms with Crippen LogP contribution in [0.25, 0.3) is 0 Å². The Bertz CT molecular complexity index is 30.9. The average Bonchev–Trinajstić information content (AvgIpc) is 1.69. The van der Waals surface area contributed by atoms with Gasteiger partial charge in [-0.3, -0.25) is 0 Å². The van der Waals surface area contributed by atoms with Crippen LogP contribution >= 0.6 is 19.4 Å². The third-order valence-electron chi connectivity index (χ3n) is 0.638. The molecule has 0 unspecified atom stereocenters.